The first-order chi connectivity index (χ1) is 8.30. The third-order valence-corrected chi connectivity index (χ3v) is 4.51. The van der Waals surface area contributed by atoms with E-state index in [9.17, 15) is 5.11 Å². The third-order valence-electron chi connectivity index (χ3n) is 4.51. The fraction of sp³-hybridized carbons (Fsp3) is 0.600. The Bertz CT molecular complexity index is 392. The van der Waals surface area contributed by atoms with E-state index in [-0.39, 0.29) is 5.41 Å². The minimum atomic E-state index is 0.246. The lowest BCUT2D eigenvalue weighted by molar-refractivity contribution is 0.155. The standard InChI is InChI=1S/C15H21NO/c17-14-7-2-1-6-13(14)15(8-5-9-15)12-16-10-3-4-11-16/h1-2,6-7,17H,3-5,8-12H2. The molecule has 0 aromatic heterocycles. The van der Waals surface area contributed by atoms with Crippen molar-refractivity contribution in [2.75, 3.05) is 19.6 Å². The monoisotopic (exact) mass is 231 g/mol. The number of aromatic hydroxyl groups is 1. The molecule has 0 spiro atoms. The SMILES string of the molecule is Oc1ccccc1C1(CN2CCCC2)CCC1. The van der Waals surface area contributed by atoms with Gasteiger partial charge in [-0.3, -0.25) is 0 Å². The zero-order chi connectivity index (χ0) is 11.7. The number of hydrogen-bond donors (Lipinski definition) is 1. The quantitative estimate of drug-likeness (QED) is 0.864. The molecule has 3 rings (SSSR count). The van der Waals surface area contributed by atoms with Crippen LogP contribution in [0.5, 0.6) is 5.75 Å². The summed E-state index contributed by atoms with van der Waals surface area (Å²) in [6.45, 7) is 3.63. The molecule has 0 unspecified atom stereocenters. The number of benzene rings is 1. The topological polar surface area (TPSA) is 23.5 Å². The van der Waals surface area contributed by atoms with Crippen LogP contribution in [0.1, 0.15) is 37.7 Å². The summed E-state index contributed by atoms with van der Waals surface area (Å²) in [6.07, 6.45) is 6.47. The van der Waals surface area contributed by atoms with Gasteiger partial charge in [0.15, 0.2) is 0 Å². The highest BCUT2D eigenvalue weighted by Gasteiger charge is 2.41. The molecule has 2 fully saturated rings. The molecule has 0 atom stereocenters. The predicted molar refractivity (Wildman–Crippen MR) is 69.3 cm³/mol. The van der Waals surface area contributed by atoms with Crippen LogP contribution in [0.4, 0.5) is 0 Å². The molecule has 92 valence electrons. The van der Waals surface area contributed by atoms with Gasteiger partial charge in [0.05, 0.1) is 0 Å². The van der Waals surface area contributed by atoms with Crippen molar-refractivity contribution in [1.82, 2.24) is 4.90 Å². The summed E-state index contributed by atoms with van der Waals surface area (Å²) < 4.78 is 0. The molecule has 0 amide bonds. The zero-order valence-corrected chi connectivity index (χ0v) is 10.4. The van der Waals surface area contributed by atoms with Gasteiger partial charge in [0.2, 0.25) is 0 Å². The van der Waals surface area contributed by atoms with Crippen molar-refractivity contribution in [3.05, 3.63) is 29.8 Å². The van der Waals surface area contributed by atoms with Crippen LogP contribution in [0.2, 0.25) is 0 Å². The minimum absolute atomic E-state index is 0.246. The maximum atomic E-state index is 10.1. The Labute approximate surface area is 103 Å². The Morgan fingerprint density at radius 1 is 1.06 bits per heavy atom. The van der Waals surface area contributed by atoms with Crippen molar-refractivity contribution in [3.8, 4) is 5.75 Å². The van der Waals surface area contributed by atoms with Gasteiger partial charge in [-0.05, 0) is 44.8 Å². The maximum Gasteiger partial charge on any atom is 0.119 e. The first-order valence-corrected chi connectivity index (χ1v) is 6.81. The highest BCUT2D eigenvalue weighted by Crippen LogP contribution is 2.47. The Morgan fingerprint density at radius 3 is 2.35 bits per heavy atom. The number of rotatable bonds is 3. The van der Waals surface area contributed by atoms with E-state index in [0.717, 1.165) is 6.54 Å². The van der Waals surface area contributed by atoms with Crippen LogP contribution in [-0.2, 0) is 5.41 Å². The van der Waals surface area contributed by atoms with Crippen LogP contribution in [0.3, 0.4) is 0 Å². The normalized spacial score (nSPS) is 23.5. The predicted octanol–water partition coefficient (Wildman–Crippen LogP) is 2.91. The Hall–Kier alpha value is -1.02. The van der Waals surface area contributed by atoms with Gasteiger partial charge in [0, 0.05) is 17.5 Å². The Morgan fingerprint density at radius 2 is 1.76 bits per heavy atom. The van der Waals surface area contributed by atoms with Crippen molar-refractivity contribution in [1.29, 1.82) is 0 Å². The van der Waals surface area contributed by atoms with Crippen LogP contribution in [0, 0.1) is 0 Å². The Balaban J connectivity index is 1.83. The molecular weight excluding hydrogens is 210 g/mol. The molecule has 1 saturated carbocycles. The van der Waals surface area contributed by atoms with Gasteiger partial charge >= 0.3 is 0 Å². The van der Waals surface area contributed by atoms with E-state index in [4.69, 9.17) is 0 Å². The summed E-state index contributed by atoms with van der Waals surface area (Å²) in [5.74, 6) is 0.492. The molecule has 1 aromatic rings. The van der Waals surface area contributed by atoms with Crippen molar-refractivity contribution in [3.63, 3.8) is 0 Å². The van der Waals surface area contributed by atoms with Crippen LogP contribution in [0.15, 0.2) is 24.3 Å². The van der Waals surface area contributed by atoms with E-state index >= 15 is 0 Å². The second-order valence-electron chi connectivity index (χ2n) is 5.63. The average molecular weight is 231 g/mol. The molecule has 2 nitrogen and oxygen atoms in total. The highest BCUT2D eigenvalue weighted by atomic mass is 16.3. The molecule has 1 heterocycles. The van der Waals surface area contributed by atoms with Crippen LogP contribution in [-0.4, -0.2) is 29.6 Å². The van der Waals surface area contributed by atoms with E-state index in [2.05, 4.69) is 17.0 Å². The molecule has 0 bridgehead atoms. The van der Waals surface area contributed by atoms with E-state index in [0.29, 0.717) is 5.75 Å². The van der Waals surface area contributed by atoms with E-state index < -0.39 is 0 Å². The summed E-state index contributed by atoms with van der Waals surface area (Å²) in [4.78, 5) is 2.58. The van der Waals surface area contributed by atoms with Crippen molar-refractivity contribution in [2.24, 2.45) is 0 Å². The van der Waals surface area contributed by atoms with Crippen molar-refractivity contribution in [2.45, 2.75) is 37.5 Å². The molecule has 1 saturated heterocycles. The van der Waals surface area contributed by atoms with Crippen LogP contribution in [0.25, 0.3) is 0 Å². The number of hydrogen-bond acceptors (Lipinski definition) is 2. The molecule has 17 heavy (non-hydrogen) atoms. The number of phenolic OH excluding ortho intramolecular Hbond substituents is 1. The summed E-state index contributed by atoms with van der Waals surface area (Å²) >= 11 is 0. The minimum Gasteiger partial charge on any atom is -0.508 e. The molecule has 2 heteroatoms. The average Bonchev–Trinajstić information content (AvgIpc) is 2.77. The van der Waals surface area contributed by atoms with Gasteiger partial charge in [-0.25, -0.2) is 0 Å². The lowest BCUT2D eigenvalue weighted by Crippen LogP contribution is -2.44. The zero-order valence-electron chi connectivity index (χ0n) is 10.4. The number of nitrogens with zero attached hydrogens (tertiary/aromatic N) is 1. The number of likely N-dealkylation sites (tertiary alicyclic amines) is 1. The van der Waals surface area contributed by atoms with Gasteiger partial charge in [-0.15, -0.1) is 0 Å². The first-order valence-electron chi connectivity index (χ1n) is 6.81. The third kappa shape index (κ3) is 1.95. The first kappa shape index (κ1) is 11.1. The maximum absolute atomic E-state index is 10.1. The van der Waals surface area contributed by atoms with E-state index in [1.807, 2.05) is 12.1 Å². The molecule has 1 aromatic carbocycles. The fourth-order valence-corrected chi connectivity index (χ4v) is 3.41. The highest BCUT2D eigenvalue weighted by molar-refractivity contribution is 5.40. The van der Waals surface area contributed by atoms with Gasteiger partial charge in [0.1, 0.15) is 5.75 Å². The molecule has 2 aliphatic rings. The van der Waals surface area contributed by atoms with Crippen molar-refractivity contribution < 1.29 is 5.11 Å². The molecule has 0 radical (unpaired) electrons. The largest absolute Gasteiger partial charge is 0.508 e. The van der Waals surface area contributed by atoms with Gasteiger partial charge in [-0.1, -0.05) is 24.6 Å². The summed E-state index contributed by atoms with van der Waals surface area (Å²) in [5, 5.41) is 10.1. The smallest absolute Gasteiger partial charge is 0.119 e. The van der Waals surface area contributed by atoms with Gasteiger partial charge in [-0.2, -0.15) is 0 Å². The van der Waals surface area contributed by atoms with Crippen LogP contribution < -0.4 is 0 Å². The summed E-state index contributed by atoms with van der Waals surface area (Å²) in [6, 6.07) is 7.92. The lowest BCUT2D eigenvalue weighted by Gasteiger charge is -2.45. The van der Waals surface area contributed by atoms with Crippen LogP contribution >= 0.6 is 0 Å². The summed E-state index contributed by atoms with van der Waals surface area (Å²) in [7, 11) is 0. The van der Waals surface area contributed by atoms with E-state index in [1.54, 1.807) is 0 Å². The van der Waals surface area contributed by atoms with E-state index in [1.165, 1.54) is 50.8 Å². The molecular formula is C15H21NO. The number of phenols is 1. The molecule has 1 N–H and O–H groups in total. The Kier molecular flexibility index (Phi) is 2.83. The second-order valence-corrected chi connectivity index (χ2v) is 5.63. The molecule has 1 aliphatic carbocycles. The second kappa shape index (κ2) is 4.34. The van der Waals surface area contributed by atoms with Gasteiger partial charge in [0.25, 0.3) is 0 Å². The molecule has 1 aliphatic heterocycles. The fourth-order valence-electron chi connectivity index (χ4n) is 3.41. The lowest BCUT2D eigenvalue weighted by atomic mass is 9.64. The van der Waals surface area contributed by atoms with Crippen molar-refractivity contribution >= 4 is 0 Å². The number of para-hydroxylation sites is 1. The summed E-state index contributed by atoms with van der Waals surface area (Å²) in [5.41, 5.74) is 1.42. The van der Waals surface area contributed by atoms with Gasteiger partial charge < -0.3 is 10.0 Å².